The molecule has 32 valence electrons. The summed E-state index contributed by atoms with van der Waals surface area (Å²) in [5.74, 6) is 0. The lowest BCUT2D eigenvalue weighted by Crippen LogP contribution is -0.569. The van der Waals surface area contributed by atoms with Crippen molar-refractivity contribution in [2.45, 2.75) is 0 Å². The first-order chi connectivity index (χ1) is 3.00. The first-order valence-electron chi connectivity index (χ1n) is 1.02. The normalized spacial score (nSPS) is 1.33. The maximum atomic E-state index is 6.50. The summed E-state index contributed by atoms with van der Waals surface area (Å²) in [5, 5.41) is 13.0. The molecule has 0 bridgehead atoms. The highest BCUT2D eigenvalue weighted by molar-refractivity contribution is 4.22. The van der Waals surface area contributed by atoms with E-state index in [1.807, 2.05) is 0 Å². The molecule has 0 aromatic rings. The average molecular weight is 82.1 g/mol. The molecule has 0 N–H and O–H groups in total. The lowest BCUT2D eigenvalue weighted by Gasteiger charge is -0.813. The maximum Gasteiger partial charge on any atom is 0.0462 e. The second kappa shape index (κ2) is 16.8. The van der Waals surface area contributed by atoms with E-state index in [1.54, 1.807) is 0 Å². The van der Waals surface area contributed by atoms with Gasteiger partial charge < -0.3 is 0 Å². The number of hydrogen-bond donors (Lipinski definition) is 0. The van der Waals surface area contributed by atoms with Crippen molar-refractivity contribution in [2.24, 2.45) is 0 Å². The molecule has 0 aromatic heterocycles. The quantitative estimate of drug-likeness (QED) is 0.410. The zero-order valence-electron chi connectivity index (χ0n) is 3.46. The predicted molar refractivity (Wildman–Crippen MR) is 24.6 cm³/mol. The van der Waals surface area contributed by atoms with Crippen molar-refractivity contribution in [3.63, 3.8) is 0 Å². The topological polar surface area (TPSA) is 47.6 Å². The van der Waals surface area contributed by atoms with Gasteiger partial charge in [-0.3, -0.25) is 0 Å². The van der Waals surface area contributed by atoms with Gasteiger partial charge in [0.15, 0.2) is 0 Å². The monoisotopic (exact) mass is 82.1 g/mol. The minimum atomic E-state index is 3.00. The van der Waals surface area contributed by atoms with Crippen LogP contribution in [0.5, 0.6) is 0 Å². The van der Waals surface area contributed by atoms with Crippen LogP contribution in [0, 0.1) is 23.7 Å². The molecule has 0 saturated heterocycles. The van der Waals surface area contributed by atoms with Crippen LogP contribution >= 0.6 is 0 Å². The summed E-state index contributed by atoms with van der Waals surface area (Å²) in [7, 11) is 0. The molecule has 0 aromatic carbocycles. The van der Waals surface area contributed by atoms with Gasteiger partial charge >= 0.3 is 0 Å². The van der Waals surface area contributed by atoms with Crippen LogP contribution in [0.2, 0.25) is 0 Å². The van der Waals surface area contributed by atoms with E-state index in [0.717, 1.165) is 0 Å². The summed E-state index contributed by atoms with van der Waals surface area (Å²) < 4.78 is 0. The second-order valence-electron chi connectivity index (χ2n) is 0. The van der Waals surface area contributed by atoms with Crippen LogP contribution in [0.4, 0.5) is 0 Å². The first kappa shape index (κ1) is 22.1. The molecule has 0 unspecified atom stereocenters. The molecule has 0 fully saturated rings. The van der Waals surface area contributed by atoms with Crippen LogP contribution < -0.4 is 0 Å². The van der Waals surface area contributed by atoms with Crippen molar-refractivity contribution in [3.05, 3.63) is 13.2 Å². The maximum absolute atomic E-state index is 6.50. The molecule has 0 aliphatic heterocycles. The highest BCUT2D eigenvalue weighted by Gasteiger charge is 0.601. The van der Waals surface area contributed by atoms with E-state index in [0.29, 0.717) is 0 Å². The third kappa shape index (κ3) is 4.91. The van der Waals surface area contributed by atoms with Gasteiger partial charge in [-0.25, -0.2) is 10.5 Å². The van der Waals surface area contributed by atoms with Gasteiger partial charge in [0.1, 0.15) is 0 Å². The van der Waals surface area contributed by atoms with Crippen molar-refractivity contribution in [1.82, 2.24) is 0 Å². The third-order valence-corrected chi connectivity index (χ3v) is 0. The van der Waals surface area contributed by atoms with Crippen molar-refractivity contribution < 1.29 is 0 Å². The third-order valence-electron chi connectivity index (χ3n) is 0. The van der Waals surface area contributed by atoms with E-state index in [-0.39, 0.29) is 0 Å². The molecule has 0 heterocycles. The number of nitriles is 2. The second-order valence-corrected chi connectivity index (χ2v) is 0. The van der Waals surface area contributed by atoms with Crippen LogP contribution in [0.15, 0.2) is 13.2 Å². The smallest absolute Gasteiger partial charge is 0.0462 e. The van der Waals surface area contributed by atoms with Crippen LogP contribution in [0.3, 0.4) is 0 Å². The number of hydrogen-bond acceptors (Lipinski definition) is 2. The van der Waals surface area contributed by atoms with E-state index in [1.165, 1.54) is 0 Å². The minimum absolute atomic E-state index is 3.00. The van der Waals surface area contributed by atoms with Crippen LogP contribution in [0.25, 0.3) is 0 Å². The average Bonchev–Trinajstić information content (AvgIpc) is 1.81. The van der Waals surface area contributed by atoms with Gasteiger partial charge in [-0.1, -0.05) is 0 Å². The Hall–Kier alpha value is -1.28. The van der Waals surface area contributed by atoms with Gasteiger partial charge in [-0.2, -0.15) is 0 Å². The van der Waals surface area contributed by atoms with Crippen LogP contribution in [-0.4, -0.2) is 0 Å². The molecular formula is C4H6N2. The van der Waals surface area contributed by atoms with Crippen molar-refractivity contribution in [2.75, 3.05) is 0 Å². The molecule has 0 atom stereocenters. The molecule has 0 radical (unpaired) electrons. The van der Waals surface area contributed by atoms with Gasteiger partial charge in [0.25, 0.3) is 0 Å². The molecule has 0 aliphatic carbocycles. The van der Waals surface area contributed by atoms with Gasteiger partial charge in [0.05, 0.1) is 0 Å². The fourth-order valence-electron chi connectivity index (χ4n) is 0. The van der Waals surface area contributed by atoms with E-state index in [4.69, 9.17) is 10.5 Å². The fourth-order valence-corrected chi connectivity index (χ4v) is 0. The summed E-state index contributed by atoms with van der Waals surface area (Å²) >= 11 is 0. The Balaban J connectivity index is -0.0000000225. The lowest BCUT2D eigenvalue weighted by atomic mass is 11.3. The predicted octanol–water partition coefficient (Wildman–Crippen LogP) is 1.08. The molecular weight excluding hydrogens is 76.1 g/mol. The van der Waals surface area contributed by atoms with E-state index < -0.39 is 0 Å². The van der Waals surface area contributed by atoms with E-state index >= 15 is 0 Å². The first-order valence-corrected chi connectivity index (χ1v) is 1.02. The molecule has 0 rings (SSSR count). The van der Waals surface area contributed by atoms with Gasteiger partial charge in [0, 0.05) is 13.1 Å². The Morgan fingerprint density at radius 3 is 0.833 bits per heavy atom. The fraction of sp³-hybridized carbons (Fsp3) is 0. The summed E-state index contributed by atoms with van der Waals surface area (Å²) in [4.78, 5) is 0. The van der Waals surface area contributed by atoms with E-state index in [9.17, 15) is 0 Å². The van der Waals surface area contributed by atoms with E-state index in [2.05, 4.69) is 26.3 Å². The highest BCUT2D eigenvalue weighted by atomic mass is 14.2. The summed E-state index contributed by atoms with van der Waals surface area (Å²) in [6, 6.07) is 0. The molecule has 2 nitrogen and oxygen atoms in total. The van der Waals surface area contributed by atoms with Gasteiger partial charge in [0.2, 0.25) is 0 Å². The Bertz CT molecular complexity index is 29.3. The Kier molecular flexibility index (Phi) is 61.8. The van der Waals surface area contributed by atoms with Gasteiger partial charge in [-0.15, -0.1) is 13.2 Å². The molecule has 2 heteroatoms. The van der Waals surface area contributed by atoms with Crippen LogP contribution in [-0.2, 0) is 0 Å². The highest BCUT2D eigenvalue weighted by Crippen LogP contribution is 0.862. The Morgan fingerprint density at radius 1 is 0.833 bits per heavy atom. The molecule has 0 aliphatic rings. The van der Waals surface area contributed by atoms with Crippen LogP contribution in [0.1, 0.15) is 0 Å². The molecule has 0 saturated carbocycles. The summed E-state index contributed by atoms with van der Waals surface area (Å²) in [6.45, 7) is 13.0. The Morgan fingerprint density at radius 2 is 0.833 bits per heavy atom. The zero-order valence-corrected chi connectivity index (χ0v) is 3.46. The zero-order chi connectivity index (χ0) is 6.00. The lowest BCUT2D eigenvalue weighted by molar-refractivity contribution is 1.58. The number of rotatable bonds is 0. The van der Waals surface area contributed by atoms with Crippen molar-refractivity contribution in [3.8, 4) is 13.1 Å². The molecule has 6 heavy (non-hydrogen) atoms. The molecule has 0 amide bonds. The SMILES string of the molecule is C#N.C#N.C=C. The largest absolute Gasteiger partial charge is 0.202 e. The molecule has 0 spiro atoms. The van der Waals surface area contributed by atoms with Gasteiger partial charge in [-0.05, 0) is 0 Å². The number of nitrogens with zero attached hydrogens (tertiary/aromatic N) is 2. The summed E-state index contributed by atoms with van der Waals surface area (Å²) in [6.07, 6.45) is 0. The summed E-state index contributed by atoms with van der Waals surface area (Å²) in [5.41, 5.74) is 0. The Labute approximate surface area is 37.9 Å². The standard InChI is InChI=1S/C2H4.2CHN/c3*1-2/h1-2H2;2*1H. The van der Waals surface area contributed by atoms with Crippen molar-refractivity contribution in [1.29, 1.82) is 10.5 Å². The van der Waals surface area contributed by atoms with Crippen molar-refractivity contribution >= 4 is 0 Å². The minimum Gasteiger partial charge on any atom is -0.202 e.